The molecule has 3 rings (SSSR count). The first-order valence-corrected chi connectivity index (χ1v) is 6.88. The van der Waals surface area contributed by atoms with Gasteiger partial charge in [-0.05, 0) is 50.0 Å². The first-order chi connectivity index (χ1) is 9.24. The van der Waals surface area contributed by atoms with Crippen LogP contribution in [-0.4, -0.2) is 4.98 Å². The highest BCUT2D eigenvalue weighted by molar-refractivity contribution is 9.10. The molecular weight excluding hydrogens is 300 g/mol. The molecule has 3 heteroatoms. The highest BCUT2D eigenvalue weighted by Gasteiger charge is 2.10. The number of rotatable bonds is 2. The Kier molecular flexibility index (Phi) is 3.32. The average Bonchev–Trinajstić information content (AvgIpc) is 2.46. The van der Waals surface area contributed by atoms with Gasteiger partial charge >= 0.3 is 0 Å². The van der Waals surface area contributed by atoms with E-state index in [-0.39, 0.29) is 6.04 Å². The maximum Gasteiger partial charge on any atom is 0.0567 e. The molecule has 0 aliphatic heterocycles. The van der Waals surface area contributed by atoms with E-state index in [2.05, 4.69) is 51.2 Å². The van der Waals surface area contributed by atoms with Crippen molar-refractivity contribution in [2.24, 2.45) is 5.73 Å². The van der Waals surface area contributed by atoms with Crippen LogP contribution in [0.25, 0.3) is 10.8 Å². The van der Waals surface area contributed by atoms with Gasteiger partial charge in [0.25, 0.3) is 0 Å². The van der Waals surface area contributed by atoms with Crippen LogP contribution in [0.15, 0.2) is 65.4 Å². The first kappa shape index (κ1) is 12.3. The lowest BCUT2D eigenvalue weighted by molar-refractivity contribution is 0.863. The van der Waals surface area contributed by atoms with Crippen LogP contribution in [-0.2, 0) is 0 Å². The predicted octanol–water partition coefficient (Wildman–Crippen LogP) is 4.05. The van der Waals surface area contributed by atoms with Crippen LogP contribution in [0.2, 0.25) is 0 Å². The van der Waals surface area contributed by atoms with Crippen LogP contribution < -0.4 is 5.73 Å². The normalized spacial score (nSPS) is 12.5. The summed E-state index contributed by atoms with van der Waals surface area (Å²) in [6, 6.07) is 16.5. The summed E-state index contributed by atoms with van der Waals surface area (Å²) in [4.78, 5) is 4.17. The summed E-state index contributed by atoms with van der Waals surface area (Å²) in [5.41, 5.74) is 8.42. The van der Waals surface area contributed by atoms with Gasteiger partial charge in [0, 0.05) is 16.9 Å². The Bertz CT molecular complexity index is 725. The molecule has 0 aliphatic carbocycles. The summed E-state index contributed by atoms with van der Waals surface area (Å²) in [5, 5.41) is 2.43. The second-order valence-corrected chi connectivity index (χ2v) is 5.44. The number of halogens is 1. The second-order valence-electron chi connectivity index (χ2n) is 4.52. The summed E-state index contributed by atoms with van der Waals surface area (Å²) in [6.07, 6.45) is 3.57. The molecule has 2 N–H and O–H groups in total. The van der Waals surface area contributed by atoms with E-state index in [0.29, 0.717) is 0 Å². The van der Waals surface area contributed by atoms with Crippen molar-refractivity contribution in [1.82, 2.24) is 4.98 Å². The third kappa shape index (κ3) is 2.53. The van der Waals surface area contributed by atoms with Crippen LogP contribution in [0.5, 0.6) is 0 Å². The summed E-state index contributed by atoms with van der Waals surface area (Å²) >= 11 is 3.42. The van der Waals surface area contributed by atoms with E-state index in [0.717, 1.165) is 15.6 Å². The van der Waals surface area contributed by atoms with Gasteiger partial charge in [-0.15, -0.1) is 0 Å². The van der Waals surface area contributed by atoms with Crippen molar-refractivity contribution in [3.63, 3.8) is 0 Å². The molecule has 94 valence electrons. The molecule has 0 aliphatic rings. The molecule has 1 atom stereocenters. The third-order valence-corrected chi connectivity index (χ3v) is 3.65. The molecule has 1 aromatic heterocycles. The molecule has 0 radical (unpaired) electrons. The van der Waals surface area contributed by atoms with Crippen LogP contribution in [0.4, 0.5) is 0 Å². The molecule has 19 heavy (non-hydrogen) atoms. The second kappa shape index (κ2) is 5.11. The molecular formula is C16H13BrN2. The van der Waals surface area contributed by atoms with Gasteiger partial charge < -0.3 is 5.73 Å². The third-order valence-electron chi connectivity index (χ3n) is 3.22. The number of nitrogens with two attached hydrogens (primary N) is 1. The highest BCUT2D eigenvalue weighted by atomic mass is 79.9. The molecule has 0 spiro atoms. The molecule has 1 unspecified atom stereocenters. The van der Waals surface area contributed by atoms with E-state index in [4.69, 9.17) is 5.73 Å². The summed E-state index contributed by atoms with van der Waals surface area (Å²) < 4.78 is 0.946. The van der Waals surface area contributed by atoms with Gasteiger partial charge in [0.2, 0.25) is 0 Å². The Labute approximate surface area is 120 Å². The molecule has 0 amide bonds. The van der Waals surface area contributed by atoms with Crippen molar-refractivity contribution in [2.45, 2.75) is 6.04 Å². The maximum atomic E-state index is 6.32. The smallest absolute Gasteiger partial charge is 0.0567 e. The number of aromatic nitrogens is 1. The van der Waals surface area contributed by atoms with E-state index >= 15 is 0 Å². The van der Waals surface area contributed by atoms with Crippen molar-refractivity contribution in [3.05, 3.63) is 76.5 Å². The van der Waals surface area contributed by atoms with Crippen molar-refractivity contribution in [3.8, 4) is 0 Å². The monoisotopic (exact) mass is 312 g/mol. The number of hydrogen-bond acceptors (Lipinski definition) is 2. The zero-order valence-corrected chi connectivity index (χ0v) is 11.8. The Morgan fingerprint density at radius 2 is 1.68 bits per heavy atom. The maximum absolute atomic E-state index is 6.32. The molecule has 0 fully saturated rings. The zero-order chi connectivity index (χ0) is 13.2. The van der Waals surface area contributed by atoms with Crippen LogP contribution in [0.1, 0.15) is 17.2 Å². The minimum atomic E-state index is -0.158. The lowest BCUT2D eigenvalue weighted by Crippen LogP contribution is -2.12. The van der Waals surface area contributed by atoms with E-state index in [9.17, 15) is 0 Å². The van der Waals surface area contributed by atoms with E-state index in [1.807, 2.05) is 24.4 Å². The van der Waals surface area contributed by atoms with Gasteiger partial charge in [0.05, 0.1) is 6.04 Å². The fourth-order valence-corrected chi connectivity index (χ4v) is 2.57. The SMILES string of the molecule is NC(c1cncc(Br)c1)c1ccc2ccccc2c1. The number of nitrogens with zero attached hydrogens (tertiary/aromatic N) is 1. The minimum absolute atomic E-state index is 0.158. The van der Waals surface area contributed by atoms with Crippen molar-refractivity contribution < 1.29 is 0 Å². The lowest BCUT2D eigenvalue weighted by atomic mass is 9.98. The van der Waals surface area contributed by atoms with Gasteiger partial charge in [0.15, 0.2) is 0 Å². The van der Waals surface area contributed by atoms with Gasteiger partial charge in [-0.1, -0.05) is 36.4 Å². The van der Waals surface area contributed by atoms with E-state index in [1.54, 1.807) is 6.20 Å². The van der Waals surface area contributed by atoms with Crippen molar-refractivity contribution in [2.75, 3.05) is 0 Å². The number of pyridine rings is 1. The van der Waals surface area contributed by atoms with Gasteiger partial charge in [0.1, 0.15) is 0 Å². The average molecular weight is 313 g/mol. The standard InChI is InChI=1S/C16H13BrN2/c17-15-8-14(9-19-10-15)16(18)13-6-5-11-3-1-2-4-12(11)7-13/h1-10,16H,18H2. The van der Waals surface area contributed by atoms with E-state index < -0.39 is 0 Å². The summed E-state index contributed by atoms with van der Waals surface area (Å²) in [5.74, 6) is 0. The molecule has 0 saturated heterocycles. The topological polar surface area (TPSA) is 38.9 Å². The largest absolute Gasteiger partial charge is 0.320 e. The predicted molar refractivity (Wildman–Crippen MR) is 81.9 cm³/mol. The van der Waals surface area contributed by atoms with Crippen LogP contribution in [0.3, 0.4) is 0 Å². The lowest BCUT2D eigenvalue weighted by Gasteiger charge is -2.13. The number of benzene rings is 2. The molecule has 2 aromatic carbocycles. The Hall–Kier alpha value is -1.71. The summed E-state index contributed by atoms with van der Waals surface area (Å²) in [6.45, 7) is 0. The van der Waals surface area contributed by atoms with Crippen LogP contribution in [0, 0.1) is 0 Å². The Morgan fingerprint density at radius 1 is 0.895 bits per heavy atom. The minimum Gasteiger partial charge on any atom is -0.320 e. The van der Waals surface area contributed by atoms with Gasteiger partial charge in [-0.3, -0.25) is 4.98 Å². The fraction of sp³-hybridized carbons (Fsp3) is 0.0625. The first-order valence-electron chi connectivity index (χ1n) is 6.09. The van der Waals surface area contributed by atoms with Gasteiger partial charge in [-0.2, -0.15) is 0 Å². The van der Waals surface area contributed by atoms with Crippen LogP contribution >= 0.6 is 15.9 Å². The van der Waals surface area contributed by atoms with Crippen molar-refractivity contribution in [1.29, 1.82) is 0 Å². The molecule has 3 aromatic rings. The molecule has 1 heterocycles. The molecule has 2 nitrogen and oxygen atoms in total. The Morgan fingerprint density at radius 3 is 2.47 bits per heavy atom. The Balaban J connectivity index is 2.04. The number of hydrogen-bond donors (Lipinski definition) is 1. The van der Waals surface area contributed by atoms with Gasteiger partial charge in [-0.25, -0.2) is 0 Å². The van der Waals surface area contributed by atoms with Crippen molar-refractivity contribution >= 4 is 26.7 Å². The quantitative estimate of drug-likeness (QED) is 0.775. The fourth-order valence-electron chi connectivity index (χ4n) is 2.19. The molecule has 0 saturated carbocycles. The molecule has 0 bridgehead atoms. The van der Waals surface area contributed by atoms with E-state index in [1.165, 1.54) is 10.8 Å². The summed E-state index contributed by atoms with van der Waals surface area (Å²) in [7, 11) is 0. The highest BCUT2D eigenvalue weighted by Crippen LogP contribution is 2.24. The zero-order valence-electron chi connectivity index (χ0n) is 10.3. The number of fused-ring (bicyclic) bond motifs is 1.